The van der Waals surface area contributed by atoms with E-state index in [9.17, 15) is 4.79 Å². The average Bonchev–Trinajstić information content (AvgIpc) is 3.14. The minimum atomic E-state index is -0.727. The van der Waals surface area contributed by atoms with Crippen molar-refractivity contribution in [3.8, 4) is 5.75 Å². The number of piperazine rings is 1. The zero-order valence-electron chi connectivity index (χ0n) is 19.8. The molecule has 3 heterocycles. The Balaban J connectivity index is 1.44. The molecular formula is C28H27BrN4O2. The van der Waals surface area contributed by atoms with E-state index in [2.05, 4.69) is 56.1 Å². The largest absolute Gasteiger partial charge is 0.497 e. The highest BCUT2D eigenvalue weighted by Crippen LogP contribution is 2.49. The van der Waals surface area contributed by atoms with E-state index in [-0.39, 0.29) is 11.9 Å². The van der Waals surface area contributed by atoms with E-state index in [1.807, 2.05) is 49.4 Å². The maximum Gasteiger partial charge on any atom is 0.261 e. The number of hydrazone groups is 1. The fourth-order valence-electron chi connectivity index (χ4n) is 5.87. The summed E-state index contributed by atoms with van der Waals surface area (Å²) in [5, 5.41) is 6.46. The lowest BCUT2D eigenvalue weighted by molar-refractivity contribution is -0.125. The van der Waals surface area contributed by atoms with E-state index in [1.165, 1.54) is 11.3 Å². The van der Waals surface area contributed by atoms with Crippen molar-refractivity contribution in [3.05, 3.63) is 82.8 Å². The van der Waals surface area contributed by atoms with E-state index in [0.29, 0.717) is 6.42 Å². The summed E-state index contributed by atoms with van der Waals surface area (Å²) >= 11 is 3.64. The first kappa shape index (κ1) is 22.2. The van der Waals surface area contributed by atoms with Gasteiger partial charge in [-0.3, -0.25) is 4.79 Å². The molecule has 3 aromatic carbocycles. The van der Waals surface area contributed by atoms with Crippen molar-refractivity contribution in [2.45, 2.75) is 19.4 Å². The molecule has 3 aliphatic heterocycles. The van der Waals surface area contributed by atoms with Gasteiger partial charge in [0.05, 0.1) is 24.6 Å². The first-order chi connectivity index (χ1) is 17.0. The van der Waals surface area contributed by atoms with Crippen molar-refractivity contribution in [1.82, 2.24) is 0 Å². The smallest absolute Gasteiger partial charge is 0.261 e. The van der Waals surface area contributed by atoms with Crippen LogP contribution >= 0.6 is 15.9 Å². The van der Waals surface area contributed by atoms with Crippen LogP contribution in [0.25, 0.3) is 0 Å². The fourth-order valence-corrected chi connectivity index (χ4v) is 6.28. The lowest BCUT2D eigenvalue weighted by Crippen LogP contribution is -2.67. The number of hydrogen-bond donors (Lipinski definition) is 0. The first-order valence-electron chi connectivity index (χ1n) is 11.9. The maximum absolute atomic E-state index is 14.3. The standard InChI is InChI=1S/C28H27BrN4O2/c1-19-28(27(34)33(30-19)23-6-4-3-5-7-23)17-20-16-21(29)8-13-25(20)32-15-14-31(18-26(28)32)22-9-11-24(35-2)12-10-22/h3-13,16,26H,14-15,17-18H2,1-2H3/t26-,28+/m1/s1. The molecule has 2 atom stereocenters. The zero-order valence-corrected chi connectivity index (χ0v) is 21.4. The number of rotatable bonds is 3. The second-order valence-electron chi connectivity index (χ2n) is 9.41. The van der Waals surface area contributed by atoms with Gasteiger partial charge >= 0.3 is 0 Å². The van der Waals surface area contributed by atoms with Gasteiger partial charge in [0.2, 0.25) is 0 Å². The molecule has 0 saturated carbocycles. The minimum Gasteiger partial charge on any atom is -0.497 e. The van der Waals surface area contributed by atoms with Crippen LogP contribution in [0, 0.1) is 5.41 Å². The van der Waals surface area contributed by atoms with E-state index < -0.39 is 5.41 Å². The molecule has 0 N–H and O–H groups in total. The quantitative estimate of drug-likeness (QED) is 0.471. The molecule has 6 nitrogen and oxygen atoms in total. The maximum atomic E-state index is 14.3. The fraction of sp³-hybridized carbons (Fsp3) is 0.286. The summed E-state index contributed by atoms with van der Waals surface area (Å²) in [5.41, 5.74) is 4.51. The van der Waals surface area contributed by atoms with Gasteiger partial charge in [-0.15, -0.1) is 0 Å². The molecule has 1 fully saturated rings. The van der Waals surface area contributed by atoms with Crippen LogP contribution in [0.5, 0.6) is 5.75 Å². The molecule has 0 aliphatic carbocycles. The lowest BCUT2D eigenvalue weighted by atomic mass is 9.67. The molecule has 178 valence electrons. The number of anilines is 3. The van der Waals surface area contributed by atoms with E-state index in [4.69, 9.17) is 9.84 Å². The molecule has 3 aromatic rings. The van der Waals surface area contributed by atoms with Gasteiger partial charge in [0, 0.05) is 35.5 Å². The Hall–Kier alpha value is -3.32. The number of methoxy groups -OCH3 is 1. The van der Waals surface area contributed by atoms with Gasteiger partial charge in [0.15, 0.2) is 0 Å². The number of carbonyl (C=O) groups is 1. The number of hydrogen-bond acceptors (Lipinski definition) is 5. The Kier molecular flexibility index (Phi) is 5.33. The number of benzene rings is 3. The number of halogens is 1. The highest BCUT2D eigenvalue weighted by molar-refractivity contribution is 9.10. The molecule has 1 saturated heterocycles. The normalized spacial score (nSPS) is 23.3. The molecule has 7 heteroatoms. The molecule has 0 bridgehead atoms. The summed E-state index contributed by atoms with van der Waals surface area (Å²) in [7, 11) is 1.68. The highest BCUT2D eigenvalue weighted by Gasteiger charge is 2.60. The number of para-hydroxylation sites is 1. The van der Waals surface area contributed by atoms with Crippen molar-refractivity contribution < 1.29 is 9.53 Å². The Labute approximate surface area is 213 Å². The summed E-state index contributed by atoms with van der Waals surface area (Å²) in [6.07, 6.45) is 0.636. The second kappa shape index (κ2) is 8.41. The monoisotopic (exact) mass is 530 g/mol. The van der Waals surface area contributed by atoms with Crippen LogP contribution in [-0.2, 0) is 11.2 Å². The number of ether oxygens (including phenoxy) is 1. The molecule has 1 amide bonds. The highest BCUT2D eigenvalue weighted by atomic mass is 79.9. The molecule has 6 rings (SSSR count). The van der Waals surface area contributed by atoms with Crippen molar-refractivity contribution in [3.63, 3.8) is 0 Å². The molecule has 0 radical (unpaired) electrons. The van der Waals surface area contributed by atoms with Crippen molar-refractivity contribution in [1.29, 1.82) is 0 Å². The third kappa shape index (κ3) is 3.44. The minimum absolute atomic E-state index is 0.0306. The van der Waals surface area contributed by atoms with Crippen LogP contribution in [0.15, 0.2) is 82.4 Å². The third-order valence-corrected chi connectivity index (χ3v) is 8.17. The SMILES string of the molecule is COc1ccc(N2CCN3c4ccc(Br)cc4C[C@@]4(C(=O)N(c5ccccc5)N=C4C)[C@H]3C2)cc1. The lowest BCUT2D eigenvalue weighted by Gasteiger charge is -2.53. The van der Waals surface area contributed by atoms with Crippen LogP contribution in [0.2, 0.25) is 0 Å². The number of carbonyl (C=O) groups excluding carboxylic acids is 1. The molecule has 3 aliphatic rings. The van der Waals surface area contributed by atoms with E-state index in [0.717, 1.165) is 46.9 Å². The molecule has 0 unspecified atom stereocenters. The topological polar surface area (TPSA) is 48.4 Å². The molecular weight excluding hydrogens is 504 g/mol. The zero-order chi connectivity index (χ0) is 24.2. The summed E-state index contributed by atoms with van der Waals surface area (Å²) in [5.74, 6) is 0.895. The predicted molar refractivity (Wildman–Crippen MR) is 144 cm³/mol. The van der Waals surface area contributed by atoms with Crippen LogP contribution in [0.4, 0.5) is 17.1 Å². The summed E-state index contributed by atoms with van der Waals surface area (Å²) < 4.78 is 6.38. The summed E-state index contributed by atoms with van der Waals surface area (Å²) in [6, 6.07) is 24.4. The van der Waals surface area contributed by atoms with Crippen molar-refractivity contribution in [2.24, 2.45) is 10.5 Å². The number of nitrogens with zero attached hydrogens (tertiary/aromatic N) is 4. The Morgan fingerprint density at radius 3 is 2.51 bits per heavy atom. The molecule has 35 heavy (non-hydrogen) atoms. The predicted octanol–water partition coefficient (Wildman–Crippen LogP) is 5.12. The summed E-state index contributed by atoms with van der Waals surface area (Å²) in [6.45, 7) is 4.47. The van der Waals surface area contributed by atoms with Gasteiger partial charge < -0.3 is 14.5 Å². The van der Waals surface area contributed by atoms with Crippen molar-refractivity contribution in [2.75, 3.05) is 41.6 Å². The molecule has 0 aromatic heterocycles. The van der Waals surface area contributed by atoms with E-state index >= 15 is 0 Å². The summed E-state index contributed by atoms with van der Waals surface area (Å²) in [4.78, 5) is 19.1. The third-order valence-electron chi connectivity index (χ3n) is 7.68. The van der Waals surface area contributed by atoms with Gasteiger partial charge in [0.1, 0.15) is 11.2 Å². The van der Waals surface area contributed by atoms with Gasteiger partial charge in [-0.1, -0.05) is 34.1 Å². The van der Waals surface area contributed by atoms with Gasteiger partial charge in [0.25, 0.3) is 5.91 Å². The van der Waals surface area contributed by atoms with Crippen LogP contribution < -0.4 is 19.5 Å². The van der Waals surface area contributed by atoms with Gasteiger partial charge in [-0.05, 0) is 73.5 Å². The van der Waals surface area contributed by atoms with Crippen LogP contribution in [0.3, 0.4) is 0 Å². The number of amides is 1. The Bertz CT molecular complexity index is 1310. The number of fused-ring (bicyclic) bond motifs is 4. The van der Waals surface area contributed by atoms with E-state index in [1.54, 1.807) is 12.1 Å². The van der Waals surface area contributed by atoms with Crippen molar-refractivity contribution >= 4 is 44.6 Å². The van der Waals surface area contributed by atoms with Gasteiger partial charge in [-0.25, -0.2) is 0 Å². The van der Waals surface area contributed by atoms with Crippen LogP contribution in [-0.4, -0.2) is 44.4 Å². The Morgan fingerprint density at radius 2 is 1.77 bits per heavy atom. The second-order valence-corrected chi connectivity index (χ2v) is 10.3. The molecule has 1 spiro atoms. The van der Waals surface area contributed by atoms with Crippen LogP contribution in [0.1, 0.15) is 12.5 Å². The van der Waals surface area contributed by atoms with Gasteiger partial charge in [-0.2, -0.15) is 10.1 Å². The average molecular weight is 531 g/mol. The Morgan fingerprint density at radius 1 is 1.00 bits per heavy atom. The first-order valence-corrected chi connectivity index (χ1v) is 12.7.